The molecule has 0 aliphatic carbocycles. The highest BCUT2D eigenvalue weighted by Crippen LogP contribution is 2.32. The maximum Gasteiger partial charge on any atom is 0.121 e. The van der Waals surface area contributed by atoms with E-state index in [4.69, 9.17) is 10.2 Å². The minimum absolute atomic E-state index is 0.264. The van der Waals surface area contributed by atoms with Gasteiger partial charge in [-0.05, 0) is 24.6 Å². The Labute approximate surface area is 116 Å². The van der Waals surface area contributed by atoms with Crippen molar-refractivity contribution in [3.05, 3.63) is 48.5 Å². The lowest BCUT2D eigenvalue weighted by molar-refractivity contribution is 0.472. The van der Waals surface area contributed by atoms with Crippen LogP contribution in [0.15, 0.2) is 48.5 Å². The molecular weight excluding hydrogens is 246 g/mol. The molecular formula is C17H15N3. The van der Waals surface area contributed by atoms with Gasteiger partial charge < -0.3 is 0 Å². The Kier molecular flexibility index (Phi) is 2.30. The van der Waals surface area contributed by atoms with E-state index in [1.165, 1.54) is 21.5 Å². The summed E-state index contributed by atoms with van der Waals surface area (Å²) in [6.07, 6.45) is 0. The summed E-state index contributed by atoms with van der Waals surface area (Å²) in [7, 11) is 0. The van der Waals surface area contributed by atoms with Crippen LogP contribution in [0.4, 0.5) is 0 Å². The molecule has 0 bridgehead atoms. The summed E-state index contributed by atoms with van der Waals surface area (Å²) in [4.78, 5) is 1.81. The Morgan fingerprint density at radius 3 is 1.50 bits per heavy atom. The molecule has 0 atom stereocenters. The molecule has 3 aromatic carbocycles. The van der Waals surface area contributed by atoms with E-state index in [-0.39, 0.29) is 6.04 Å². The Bertz CT molecular complexity index is 862. The van der Waals surface area contributed by atoms with Gasteiger partial charge in [-0.2, -0.15) is 15.0 Å². The fraction of sp³-hybridized carbons (Fsp3) is 0.176. The first kappa shape index (κ1) is 11.4. The predicted octanol–water partition coefficient (Wildman–Crippen LogP) is 4.32. The highest BCUT2D eigenvalue weighted by atomic mass is 15.5. The van der Waals surface area contributed by atoms with Crippen molar-refractivity contribution in [3.8, 4) is 0 Å². The van der Waals surface area contributed by atoms with E-state index < -0.39 is 0 Å². The van der Waals surface area contributed by atoms with E-state index in [0.29, 0.717) is 0 Å². The van der Waals surface area contributed by atoms with Crippen LogP contribution in [0.25, 0.3) is 32.6 Å². The topological polar surface area (TPSA) is 30.7 Å². The van der Waals surface area contributed by atoms with Crippen molar-refractivity contribution in [2.24, 2.45) is 0 Å². The average Bonchev–Trinajstić information content (AvgIpc) is 2.93. The van der Waals surface area contributed by atoms with Crippen molar-refractivity contribution in [2.45, 2.75) is 19.9 Å². The first-order valence-corrected chi connectivity index (χ1v) is 6.91. The van der Waals surface area contributed by atoms with Gasteiger partial charge in [0.1, 0.15) is 11.0 Å². The second-order valence-electron chi connectivity index (χ2n) is 5.40. The number of nitrogens with zero attached hydrogens (tertiary/aromatic N) is 3. The molecule has 0 spiro atoms. The quantitative estimate of drug-likeness (QED) is 0.478. The van der Waals surface area contributed by atoms with Gasteiger partial charge in [0.25, 0.3) is 0 Å². The number of fused-ring (bicyclic) bond motifs is 6. The maximum atomic E-state index is 4.70. The van der Waals surface area contributed by atoms with Gasteiger partial charge in [-0.15, -0.1) is 0 Å². The largest absolute Gasteiger partial charge is 0.181 e. The van der Waals surface area contributed by atoms with Gasteiger partial charge in [0.15, 0.2) is 0 Å². The van der Waals surface area contributed by atoms with Crippen LogP contribution in [0.1, 0.15) is 19.9 Å². The molecule has 0 saturated carbocycles. The molecule has 98 valence electrons. The first-order valence-electron chi connectivity index (χ1n) is 6.91. The standard InChI is InChI=1S/C17H15N3/c1-11(2)20-18-16-14-9-5-3-7-12(14)13-8-4-6-10-15(13)17(16)19-20/h3-11H,1-2H3. The lowest BCUT2D eigenvalue weighted by Gasteiger charge is -2.04. The molecule has 0 saturated heterocycles. The van der Waals surface area contributed by atoms with Gasteiger partial charge >= 0.3 is 0 Å². The molecule has 0 amide bonds. The summed E-state index contributed by atoms with van der Waals surface area (Å²) in [5.41, 5.74) is 1.99. The zero-order valence-corrected chi connectivity index (χ0v) is 11.5. The summed E-state index contributed by atoms with van der Waals surface area (Å²) in [5.74, 6) is 0. The Balaban J connectivity index is 2.32. The molecule has 0 aliphatic rings. The number of hydrogen-bond acceptors (Lipinski definition) is 2. The molecule has 1 heterocycles. The molecule has 0 radical (unpaired) electrons. The van der Waals surface area contributed by atoms with E-state index >= 15 is 0 Å². The summed E-state index contributed by atoms with van der Waals surface area (Å²) in [6.45, 7) is 4.20. The molecule has 3 heteroatoms. The van der Waals surface area contributed by atoms with Crippen LogP contribution in [0, 0.1) is 0 Å². The van der Waals surface area contributed by atoms with E-state index in [2.05, 4.69) is 62.4 Å². The second-order valence-corrected chi connectivity index (χ2v) is 5.40. The van der Waals surface area contributed by atoms with E-state index in [1.54, 1.807) is 0 Å². The smallest absolute Gasteiger partial charge is 0.121 e. The minimum atomic E-state index is 0.264. The molecule has 3 nitrogen and oxygen atoms in total. The van der Waals surface area contributed by atoms with E-state index in [9.17, 15) is 0 Å². The summed E-state index contributed by atoms with van der Waals surface area (Å²) in [6, 6.07) is 17.1. The van der Waals surface area contributed by atoms with Gasteiger partial charge in [0.05, 0.1) is 6.04 Å². The molecule has 1 aromatic heterocycles. The third kappa shape index (κ3) is 1.46. The Hall–Kier alpha value is -2.42. The van der Waals surface area contributed by atoms with Crippen molar-refractivity contribution < 1.29 is 0 Å². The molecule has 0 fully saturated rings. The fourth-order valence-electron chi connectivity index (χ4n) is 2.76. The number of rotatable bonds is 1. The number of aromatic nitrogens is 3. The summed E-state index contributed by atoms with van der Waals surface area (Å²) >= 11 is 0. The van der Waals surface area contributed by atoms with Crippen LogP contribution in [0.3, 0.4) is 0 Å². The molecule has 20 heavy (non-hydrogen) atoms. The van der Waals surface area contributed by atoms with Gasteiger partial charge in [-0.1, -0.05) is 48.5 Å². The molecule has 0 aliphatic heterocycles. The lowest BCUT2D eigenvalue weighted by atomic mass is 10.0. The maximum absolute atomic E-state index is 4.70. The van der Waals surface area contributed by atoms with Crippen molar-refractivity contribution in [3.63, 3.8) is 0 Å². The van der Waals surface area contributed by atoms with Crippen LogP contribution in [-0.2, 0) is 0 Å². The van der Waals surface area contributed by atoms with Crippen LogP contribution >= 0.6 is 0 Å². The third-order valence-electron chi connectivity index (χ3n) is 3.75. The lowest BCUT2D eigenvalue weighted by Crippen LogP contribution is -2.04. The van der Waals surface area contributed by atoms with Crippen LogP contribution in [0.2, 0.25) is 0 Å². The van der Waals surface area contributed by atoms with Gasteiger partial charge in [-0.3, -0.25) is 0 Å². The normalized spacial score (nSPS) is 11.9. The second kappa shape index (κ2) is 4.04. The van der Waals surface area contributed by atoms with Crippen molar-refractivity contribution >= 4 is 32.6 Å². The SMILES string of the molecule is CC(C)n1nc2c3ccccc3c3ccccc3c2n1. The Morgan fingerprint density at radius 1 is 0.700 bits per heavy atom. The van der Waals surface area contributed by atoms with Crippen LogP contribution in [0.5, 0.6) is 0 Å². The monoisotopic (exact) mass is 261 g/mol. The molecule has 4 aromatic rings. The highest BCUT2D eigenvalue weighted by Gasteiger charge is 2.13. The molecule has 4 rings (SSSR count). The fourth-order valence-corrected chi connectivity index (χ4v) is 2.76. The van der Waals surface area contributed by atoms with Crippen molar-refractivity contribution in [1.82, 2.24) is 15.0 Å². The number of hydrogen-bond donors (Lipinski definition) is 0. The van der Waals surface area contributed by atoms with E-state index in [1.807, 2.05) is 4.80 Å². The first-order chi connectivity index (χ1) is 9.75. The summed E-state index contributed by atoms with van der Waals surface area (Å²) in [5, 5.41) is 14.2. The third-order valence-corrected chi connectivity index (χ3v) is 3.75. The minimum Gasteiger partial charge on any atom is -0.181 e. The average molecular weight is 261 g/mol. The number of benzene rings is 3. The van der Waals surface area contributed by atoms with Crippen LogP contribution in [-0.4, -0.2) is 15.0 Å². The van der Waals surface area contributed by atoms with Crippen molar-refractivity contribution in [1.29, 1.82) is 0 Å². The van der Waals surface area contributed by atoms with Gasteiger partial charge in [0.2, 0.25) is 0 Å². The van der Waals surface area contributed by atoms with E-state index in [0.717, 1.165) is 11.0 Å². The summed E-state index contributed by atoms with van der Waals surface area (Å²) < 4.78 is 0. The Morgan fingerprint density at radius 2 is 1.10 bits per heavy atom. The van der Waals surface area contributed by atoms with Crippen LogP contribution < -0.4 is 0 Å². The van der Waals surface area contributed by atoms with Crippen molar-refractivity contribution in [2.75, 3.05) is 0 Å². The molecule has 0 N–H and O–H groups in total. The zero-order valence-electron chi connectivity index (χ0n) is 11.5. The predicted molar refractivity (Wildman–Crippen MR) is 82.9 cm³/mol. The molecule has 0 unspecified atom stereocenters. The van der Waals surface area contributed by atoms with Gasteiger partial charge in [-0.25, -0.2) is 0 Å². The zero-order chi connectivity index (χ0) is 13.7. The van der Waals surface area contributed by atoms with Gasteiger partial charge in [0, 0.05) is 10.8 Å². The highest BCUT2D eigenvalue weighted by molar-refractivity contribution is 6.22.